The van der Waals surface area contributed by atoms with Gasteiger partial charge in [-0.15, -0.1) is 0 Å². The summed E-state index contributed by atoms with van der Waals surface area (Å²) < 4.78 is 4.77. The molecule has 0 heterocycles. The molecule has 0 saturated heterocycles. The van der Waals surface area contributed by atoms with Gasteiger partial charge in [-0.3, -0.25) is 9.59 Å². The van der Waals surface area contributed by atoms with Crippen LogP contribution in [0.4, 0.5) is 0 Å². The van der Waals surface area contributed by atoms with Crippen LogP contribution in [0.25, 0.3) is 0 Å². The molecule has 0 amide bonds. The lowest BCUT2D eigenvalue weighted by Gasteiger charge is -2.15. The van der Waals surface area contributed by atoms with Crippen molar-refractivity contribution < 1.29 is 14.3 Å². The van der Waals surface area contributed by atoms with E-state index in [0.29, 0.717) is 6.42 Å². The molecule has 0 aromatic heterocycles. The summed E-state index contributed by atoms with van der Waals surface area (Å²) in [6.07, 6.45) is 0.414. The van der Waals surface area contributed by atoms with Gasteiger partial charge in [0, 0.05) is 6.42 Å². The molecule has 0 aliphatic rings. The highest BCUT2D eigenvalue weighted by Gasteiger charge is 2.23. The van der Waals surface area contributed by atoms with E-state index < -0.39 is 5.41 Å². The van der Waals surface area contributed by atoms with Gasteiger partial charge >= 0.3 is 5.97 Å². The van der Waals surface area contributed by atoms with Gasteiger partial charge in [-0.2, -0.15) is 0 Å². The van der Waals surface area contributed by atoms with Crippen molar-refractivity contribution in [2.75, 3.05) is 6.61 Å². The molecule has 0 aliphatic heterocycles. The quantitative estimate of drug-likeness (QED) is 0.661. The highest BCUT2D eigenvalue weighted by Crippen LogP contribution is 2.14. The smallest absolute Gasteiger partial charge is 0.311 e. The Labute approximate surface area is 86.8 Å². The van der Waals surface area contributed by atoms with Gasteiger partial charge in [-0.05, 0) is 20.8 Å². The monoisotopic (exact) mass is 202 g/mol. The van der Waals surface area contributed by atoms with Crippen LogP contribution in [0.3, 0.4) is 0 Å². The van der Waals surface area contributed by atoms with E-state index in [9.17, 15) is 9.59 Å². The maximum atomic E-state index is 11.1. The van der Waals surface area contributed by atoms with Gasteiger partial charge in [-0.25, -0.2) is 0 Å². The van der Waals surface area contributed by atoms with Crippen molar-refractivity contribution in [1.29, 1.82) is 0 Å². The fourth-order valence-electron chi connectivity index (χ4n) is 0.465. The van der Waals surface area contributed by atoms with Gasteiger partial charge in [0.2, 0.25) is 0 Å². The fraction of sp³-hybridized carbons (Fsp3) is 0.818. The second kappa shape index (κ2) is 7.54. The molecule has 0 N–H and O–H groups in total. The van der Waals surface area contributed by atoms with E-state index in [-0.39, 0.29) is 18.4 Å². The Kier molecular flexibility index (Phi) is 8.40. The first-order valence-corrected chi connectivity index (χ1v) is 5.07. The number of ether oxygens (including phenoxy) is 1. The van der Waals surface area contributed by atoms with Gasteiger partial charge in [-0.1, -0.05) is 20.8 Å². The van der Waals surface area contributed by atoms with Crippen molar-refractivity contribution in [3.8, 4) is 0 Å². The van der Waals surface area contributed by atoms with Gasteiger partial charge in [0.1, 0.15) is 6.61 Å². The molecule has 0 radical (unpaired) electrons. The van der Waals surface area contributed by atoms with Crippen molar-refractivity contribution in [2.45, 2.75) is 48.0 Å². The molecule has 0 fully saturated rings. The first kappa shape index (κ1) is 15.6. The molecule has 0 bridgehead atoms. The molecule has 0 spiro atoms. The predicted octanol–water partition coefficient (Wildman–Crippen LogP) is 2.58. The number of hydrogen-bond acceptors (Lipinski definition) is 3. The lowest BCUT2D eigenvalue weighted by Crippen LogP contribution is -2.25. The Morgan fingerprint density at radius 2 is 1.57 bits per heavy atom. The van der Waals surface area contributed by atoms with E-state index in [1.54, 1.807) is 27.7 Å². The Bertz CT molecular complexity index is 177. The van der Waals surface area contributed by atoms with Gasteiger partial charge in [0.05, 0.1) is 5.41 Å². The minimum Gasteiger partial charge on any atom is -0.457 e. The van der Waals surface area contributed by atoms with E-state index in [4.69, 9.17) is 4.74 Å². The standard InChI is InChI=1S/C9H16O3.C2H6/c1-5-7(10)6-12-8(11)9(2,3)4;1-2/h5-6H2,1-4H3;1-2H3. The zero-order valence-electron chi connectivity index (χ0n) is 10.1. The molecule has 0 aromatic rings. The third kappa shape index (κ3) is 7.77. The molecule has 0 atom stereocenters. The summed E-state index contributed by atoms with van der Waals surface area (Å²) in [4.78, 5) is 21.9. The van der Waals surface area contributed by atoms with E-state index in [0.717, 1.165) is 0 Å². The van der Waals surface area contributed by atoms with Gasteiger partial charge in [0.25, 0.3) is 0 Å². The Morgan fingerprint density at radius 3 is 1.86 bits per heavy atom. The normalized spacial score (nSPS) is 9.86. The molecule has 3 nitrogen and oxygen atoms in total. The first-order chi connectivity index (χ1) is 6.38. The zero-order chi connectivity index (χ0) is 11.8. The highest BCUT2D eigenvalue weighted by molar-refractivity contribution is 5.83. The molecule has 84 valence electrons. The number of Topliss-reactive ketones (excluding diaryl/α,β-unsaturated/α-hetero) is 1. The lowest BCUT2D eigenvalue weighted by molar-refractivity contribution is -0.155. The summed E-state index contributed by atoms with van der Waals surface area (Å²) >= 11 is 0. The molecule has 0 saturated carbocycles. The maximum Gasteiger partial charge on any atom is 0.311 e. The predicted molar refractivity (Wildman–Crippen MR) is 57.1 cm³/mol. The Hall–Kier alpha value is -0.860. The Morgan fingerprint density at radius 1 is 1.14 bits per heavy atom. The summed E-state index contributed by atoms with van der Waals surface area (Å²) in [7, 11) is 0. The van der Waals surface area contributed by atoms with Crippen LogP contribution in [0.1, 0.15) is 48.0 Å². The average molecular weight is 202 g/mol. The first-order valence-electron chi connectivity index (χ1n) is 5.07. The molecule has 0 unspecified atom stereocenters. The van der Waals surface area contributed by atoms with E-state index in [1.165, 1.54) is 0 Å². The van der Waals surface area contributed by atoms with Crippen LogP contribution < -0.4 is 0 Å². The minimum atomic E-state index is -0.520. The summed E-state index contributed by atoms with van der Waals surface area (Å²) in [5.41, 5.74) is -0.520. The van der Waals surface area contributed by atoms with E-state index in [1.807, 2.05) is 13.8 Å². The summed E-state index contributed by atoms with van der Waals surface area (Å²) in [6, 6.07) is 0. The van der Waals surface area contributed by atoms with E-state index in [2.05, 4.69) is 0 Å². The topological polar surface area (TPSA) is 43.4 Å². The van der Waals surface area contributed by atoms with E-state index >= 15 is 0 Å². The highest BCUT2D eigenvalue weighted by atomic mass is 16.5. The number of carbonyl (C=O) groups excluding carboxylic acids is 2. The summed E-state index contributed by atoms with van der Waals surface area (Å²) in [5, 5.41) is 0. The molecule has 0 aromatic carbocycles. The van der Waals surface area contributed by atoms with Crippen molar-refractivity contribution in [2.24, 2.45) is 5.41 Å². The van der Waals surface area contributed by atoms with Crippen LogP contribution in [-0.4, -0.2) is 18.4 Å². The number of ketones is 1. The summed E-state index contributed by atoms with van der Waals surface area (Å²) in [6.45, 7) is 10.9. The van der Waals surface area contributed by atoms with Crippen LogP contribution in [0.5, 0.6) is 0 Å². The van der Waals surface area contributed by atoms with Gasteiger partial charge < -0.3 is 4.74 Å². The molecular formula is C11H22O3. The van der Waals surface area contributed by atoms with Crippen LogP contribution >= 0.6 is 0 Å². The SMILES string of the molecule is CC.CCC(=O)COC(=O)C(C)(C)C. The summed E-state index contributed by atoms with van der Waals surface area (Å²) in [5.74, 6) is -0.378. The molecule has 14 heavy (non-hydrogen) atoms. The second-order valence-electron chi connectivity index (χ2n) is 3.72. The van der Waals surface area contributed by atoms with Crippen molar-refractivity contribution in [3.63, 3.8) is 0 Å². The maximum absolute atomic E-state index is 11.1. The molecule has 0 aliphatic carbocycles. The molecule has 3 heteroatoms. The molecular weight excluding hydrogens is 180 g/mol. The average Bonchev–Trinajstić information content (AvgIpc) is 2.15. The van der Waals surface area contributed by atoms with Crippen LogP contribution in [-0.2, 0) is 14.3 Å². The third-order valence-corrected chi connectivity index (χ3v) is 1.37. The zero-order valence-corrected chi connectivity index (χ0v) is 10.1. The number of esters is 1. The molecule has 0 rings (SSSR count). The van der Waals surface area contributed by atoms with Crippen LogP contribution in [0, 0.1) is 5.41 Å². The second-order valence-corrected chi connectivity index (χ2v) is 3.72. The largest absolute Gasteiger partial charge is 0.457 e. The third-order valence-electron chi connectivity index (χ3n) is 1.37. The van der Waals surface area contributed by atoms with Crippen LogP contribution in [0.2, 0.25) is 0 Å². The number of carbonyl (C=O) groups is 2. The van der Waals surface area contributed by atoms with Crippen LogP contribution in [0.15, 0.2) is 0 Å². The van der Waals surface area contributed by atoms with Crippen molar-refractivity contribution in [1.82, 2.24) is 0 Å². The number of hydrogen-bond donors (Lipinski definition) is 0. The lowest BCUT2D eigenvalue weighted by atomic mass is 9.97. The van der Waals surface area contributed by atoms with Crippen molar-refractivity contribution in [3.05, 3.63) is 0 Å². The Balaban J connectivity index is 0. The fourth-order valence-corrected chi connectivity index (χ4v) is 0.465. The number of rotatable bonds is 3. The minimum absolute atomic E-state index is 0.0485. The van der Waals surface area contributed by atoms with Crippen molar-refractivity contribution >= 4 is 11.8 Å². The van der Waals surface area contributed by atoms with Gasteiger partial charge in [0.15, 0.2) is 5.78 Å².